The third-order valence-corrected chi connectivity index (χ3v) is 2.74. The van der Waals surface area contributed by atoms with Crippen molar-refractivity contribution in [3.05, 3.63) is 16.6 Å². The van der Waals surface area contributed by atoms with Gasteiger partial charge in [-0.05, 0) is 6.42 Å². The Morgan fingerprint density at radius 3 is 3.25 bits per heavy atom. The molecule has 0 bridgehead atoms. The number of aromatic nitrogens is 1. The largest absolute Gasteiger partial charge is 0.356 e. The summed E-state index contributed by atoms with van der Waals surface area (Å²) in [6.45, 7) is 0.827. The SMILES string of the molecule is O=C1NCCC1Cc1cscn1. The molecule has 1 atom stereocenters. The number of nitrogens with zero attached hydrogens (tertiary/aromatic N) is 1. The van der Waals surface area contributed by atoms with Crippen LogP contribution < -0.4 is 5.32 Å². The minimum atomic E-state index is 0.159. The molecular formula is C8H10N2OS. The minimum absolute atomic E-state index is 0.159. The van der Waals surface area contributed by atoms with E-state index in [0.29, 0.717) is 0 Å². The highest BCUT2D eigenvalue weighted by Crippen LogP contribution is 2.15. The van der Waals surface area contributed by atoms with Gasteiger partial charge in [-0.25, -0.2) is 4.98 Å². The van der Waals surface area contributed by atoms with Gasteiger partial charge in [0.1, 0.15) is 0 Å². The van der Waals surface area contributed by atoms with Crippen molar-refractivity contribution in [1.82, 2.24) is 10.3 Å². The van der Waals surface area contributed by atoms with E-state index in [1.807, 2.05) is 10.9 Å². The van der Waals surface area contributed by atoms with Crippen molar-refractivity contribution in [2.75, 3.05) is 6.54 Å². The molecule has 1 fully saturated rings. The summed E-state index contributed by atoms with van der Waals surface area (Å²) in [6, 6.07) is 0. The summed E-state index contributed by atoms with van der Waals surface area (Å²) in [5.74, 6) is 0.343. The fourth-order valence-corrected chi connectivity index (χ4v) is 2.00. The van der Waals surface area contributed by atoms with Crippen molar-refractivity contribution in [1.29, 1.82) is 0 Å². The van der Waals surface area contributed by atoms with Crippen LogP contribution >= 0.6 is 11.3 Å². The van der Waals surface area contributed by atoms with Crippen molar-refractivity contribution in [2.24, 2.45) is 5.92 Å². The number of amides is 1. The average Bonchev–Trinajstić information content (AvgIpc) is 2.65. The van der Waals surface area contributed by atoms with Crippen LogP contribution in [0, 0.1) is 5.92 Å². The molecule has 1 aromatic rings. The third kappa shape index (κ3) is 1.48. The molecule has 0 saturated carbocycles. The third-order valence-electron chi connectivity index (χ3n) is 2.10. The zero-order valence-electron chi connectivity index (χ0n) is 6.62. The molecule has 1 aliphatic heterocycles. The number of hydrogen-bond donors (Lipinski definition) is 1. The highest BCUT2D eigenvalue weighted by atomic mass is 32.1. The summed E-state index contributed by atoms with van der Waals surface area (Å²) in [6.07, 6.45) is 1.76. The molecule has 3 nitrogen and oxygen atoms in total. The van der Waals surface area contributed by atoms with Gasteiger partial charge in [-0.3, -0.25) is 4.79 Å². The normalized spacial score (nSPS) is 22.7. The number of carbonyl (C=O) groups is 1. The minimum Gasteiger partial charge on any atom is -0.356 e. The first-order valence-electron chi connectivity index (χ1n) is 4.01. The molecule has 0 radical (unpaired) electrons. The van der Waals surface area contributed by atoms with Crippen molar-refractivity contribution < 1.29 is 4.79 Å². The predicted molar refractivity (Wildman–Crippen MR) is 46.9 cm³/mol. The Morgan fingerprint density at radius 2 is 2.67 bits per heavy atom. The smallest absolute Gasteiger partial charge is 0.223 e. The topological polar surface area (TPSA) is 42.0 Å². The van der Waals surface area contributed by atoms with Gasteiger partial charge in [0.15, 0.2) is 0 Å². The van der Waals surface area contributed by atoms with Crippen LogP contribution in [0.5, 0.6) is 0 Å². The molecule has 4 heteroatoms. The highest BCUT2D eigenvalue weighted by Gasteiger charge is 2.24. The van der Waals surface area contributed by atoms with Crippen molar-refractivity contribution in [3.63, 3.8) is 0 Å². The van der Waals surface area contributed by atoms with E-state index in [0.717, 1.165) is 25.1 Å². The van der Waals surface area contributed by atoms with Gasteiger partial charge in [0.2, 0.25) is 5.91 Å². The van der Waals surface area contributed by atoms with Gasteiger partial charge < -0.3 is 5.32 Å². The van der Waals surface area contributed by atoms with E-state index in [1.54, 1.807) is 11.3 Å². The van der Waals surface area contributed by atoms with Gasteiger partial charge in [0.05, 0.1) is 11.2 Å². The lowest BCUT2D eigenvalue weighted by Crippen LogP contribution is -2.20. The Bertz CT molecular complexity index is 271. The Labute approximate surface area is 74.8 Å². The Hall–Kier alpha value is -0.900. The van der Waals surface area contributed by atoms with Gasteiger partial charge in [-0.15, -0.1) is 11.3 Å². The van der Waals surface area contributed by atoms with E-state index < -0.39 is 0 Å². The summed E-state index contributed by atoms with van der Waals surface area (Å²) >= 11 is 1.58. The summed E-state index contributed by atoms with van der Waals surface area (Å²) < 4.78 is 0. The first kappa shape index (κ1) is 7.73. The molecule has 12 heavy (non-hydrogen) atoms. The summed E-state index contributed by atoms with van der Waals surface area (Å²) in [7, 11) is 0. The zero-order chi connectivity index (χ0) is 8.39. The van der Waals surface area contributed by atoms with Crippen LogP contribution in [0.1, 0.15) is 12.1 Å². The Morgan fingerprint density at radius 1 is 1.75 bits per heavy atom. The molecule has 1 amide bonds. The van der Waals surface area contributed by atoms with Crippen LogP contribution in [0.2, 0.25) is 0 Å². The van der Waals surface area contributed by atoms with Crippen LogP contribution in [-0.4, -0.2) is 17.4 Å². The van der Waals surface area contributed by atoms with Gasteiger partial charge in [-0.2, -0.15) is 0 Å². The van der Waals surface area contributed by atoms with Crippen LogP contribution in [0.15, 0.2) is 10.9 Å². The second-order valence-electron chi connectivity index (χ2n) is 2.96. The van der Waals surface area contributed by atoms with Gasteiger partial charge in [0.25, 0.3) is 0 Å². The van der Waals surface area contributed by atoms with Crippen molar-refractivity contribution in [2.45, 2.75) is 12.8 Å². The monoisotopic (exact) mass is 182 g/mol. The lowest BCUT2D eigenvalue weighted by molar-refractivity contribution is -0.122. The first-order chi connectivity index (χ1) is 5.86. The molecule has 64 valence electrons. The zero-order valence-corrected chi connectivity index (χ0v) is 7.43. The molecular weight excluding hydrogens is 172 g/mol. The van der Waals surface area contributed by atoms with Crippen molar-refractivity contribution >= 4 is 17.2 Å². The number of hydrogen-bond acceptors (Lipinski definition) is 3. The number of nitrogens with one attached hydrogen (secondary N) is 1. The summed E-state index contributed by atoms with van der Waals surface area (Å²) in [5, 5.41) is 4.82. The molecule has 0 aliphatic carbocycles. The number of rotatable bonds is 2. The van der Waals surface area contributed by atoms with E-state index >= 15 is 0 Å². The van der Waals surface area contributed by atoms with E-state index in [4.69, 9.17) is 0 Å². The molecule has 0 spiro atoms. The van der Waals surface area contributed by atoms with E-state index in [2.05, 4.69) is 10.3 Å². The second-order valence-corrected chi connectivity index (χ2v) is 3.68. The first-order valence-corrected chi connectivity index (χ1v) is 4.95. The second kappa shape index (κ2) is 3.23. The molecule has 1 aliphatic rings. The molecule has 1 saturated heterocycles. The molecule has 1 aromatic heterocycles. The maximum Gasteiger partial charge on any atom is 0.223 e. The lowest BCUT2D eigenvalue weighted by Gasteiger charge is -2.02. The number of thiazole rings is 1. The lowest BCUT2D eigenvalue weighted by atomic mass is 10.0. The molecule has 2 heterocycles. The molecule has 1 N–H and O–H groups in total. The summed E-state index contributed by atoms with van der Waals surface area (Å²) in [5.41, 5.74) is 2.85. The Kier molecular flexibility index (Phi) is 2.08. The maximum atomic E-state index is 11.2. The van der Waals surface area contributed by atoms with Gasteiger partial charge in [0, 0.05) is 24.3 Å². The molecule has 0 aromatic carbocycles. The maximum absolute atomic E-state index is 11.2. The van der Waals surface area contributed by atoms with Crippen LogP contribution in [0.4, 0.5) is 0 Å². The van der Waals surface area contributed by atoms with E-state index in [1.165, 1.54) is 0 Å². The van der Waals surface area contributed by atoms with Gasteiger partial charge >= 0.3 is 0 Å². The quantitative estimate of drug-likeness (QED) is 0.735. The number of carbonyl (C=O) groups excluding carboxylic acids is 1. The predicted octanol–water partition coefficient (Wildman–Crippen LogP) is 0.822. The van der Waals surface area contributed by atoms with Gasteiger partial charge in [-0.1, -0.05) is 0 Å². The summed E-state index contributed by atoms with van der Waals surface area (Å²) in [4.78, 5) is 15.3. The van der Waals surface area contributed by atoms with Crippen LogP contribution in [0.3, 0.4) is 0 Å². The van der Waals surface area contributed by atoms with E-state index in [-0.39, 0.29) is 11.8 Å². The Balaban J connectivity index is 1.99. The molecule has 1 unspecified atom stereocenters. The average molecular weight is 182 g/mol. The fraction of sp³-hybridized carbons (Fsp3) is 0.500. The standard InChI is InChI=1S/C8H10N2OS/c11-8-6(1-2-9-8)3-7-4-12-5-10-7/h4-6H,1-3H2,(H,9,11). The van der Waals surface area contributed by atoms with Crippen molar-refractivity contribution in [3.8, 4) is 0 Å². The van der Waals surface area contributed by atoms with Crippen LogP contribution in [0.25, 0.3) is 0 Å². The highest BCUT2D eigenvalue weighted by molar-refractivity contribution is 7.07. The molecule has 2 rings (SSSR count). The van der Waals surface area contributed by atoms with E-state index in [9.17, 15) is 4.79 Å². The fourth-order valence-electron chi connectivity index (χ4n) is 1.43. The van der Waals surface area contributed by atoms with Crippen LogP contribution in [-0.2, 0) is 11.2 Å².